The normalized spacial score (nSPS) is 22.2. The van der Waals surface area contributed by atoms with Crippen molar-refractivity contribution in [2.24, 2.45) is 5.41 Å². The molecule has 24 heavy (non-hydrogen) atoms. The molecule has 130 valence electrons. The maximum atomic E-state index is 12.1. The molecule has 0 spiro atoms. The number of nitrogens with one attached hydrogen (secondary N) is 2. The lowest BCUT2D eigenvalue weighted by Gasteiger charge is -2.17. The van der Waals surface area contributed by atoms with Crippen LogP contribution in [0.4, 0.5) is 11.4 Å². The molecule has 2 atom stereocenters. The highest BCUT2D eigenvalue weighted by Crippen LogP contribution is 2.64. The van der Waals surface area contributed by atoms with Crippen LogP contribution in [0.15, 0.2) is 24.3 Å². The Bertz CT molecular complexity index is 675. The van der Waals surface area contributed by atoms with Crippen molar-refractivity contribution in [3.8, 4) is 0 Å². The molecule has 0 bridgehead atoms. The van der Waals surface area contributed by atoms with Gasteiger partial charge in [0.1, 0.15) is 9.75 Å². The van der Waals surface area contributed by atoms with Gasteiger partial charge in [0, 0.05) is 24.7 Å². The zero-order valence-corrected chi connectivity index (χ0v) is 15.0. The van der Waals surface area contributed by atoms with E-state index in [0.29, 0.717) is 17.8 Å². The van der Waals surface area contributed by atoms with E-state index < -0.39 is 27.7 Å². The molecular formula is C16H18Cl2N2O4. The molecule has 1 aromatic carbocycles. The monoisotopic (exact) mass is 372 g/mol. The van der Waals surface area contributed by atoms with Crippen LogP contribution >= 0.6 is 23.2 Å². The minimum atomic E-state index is -1.14. The van der Waals surface area contributed by atoms with E-state index in [-0.39, 0.29) is 5.91 Å². The molecule has 0 radical (unpaired) electrons. The minimum absolute atomic E-state index is 0.185. The SMILES string of the molecule is CC(=O)Nc1ccc(NC(=O)[C@H](C)OC(=O)[C@@]2(C)CC2(Cl)Cl)cc1. The highest BCUT2D eigenvalue weighted by molar-refractivity contribution is 6.53. The Labute approximate surface area is 149 Å². The standard InChI is InChI=1S/C16H18Cl2N2O4/c1-9(24-14(23)15(3)8-16(15,17)18)13(22)20-12-6-4-11(5-7-12)19-10(2)21/h4-7,9H,8H2,1-3H3,(H,19,21)(H,20,22)/t9-,15+/m0/s1. The summed E-state index contributed by atoms with van der Waals surface area (Å²) in [4.78, 5) is 35.1. The van der Waals surface area contributed by atoms with Crippen molar-refractivity contribution in [1.29, 1.82) is 0 Å². The van der Waals surface area contributed by atoms with Crippen molar-refractivity contribution < 1.29 is 19.1 Å². The Balaban J connectivity index is 1.90. The summed E-state index contributed by atoms with van der Waals surface area (Å²) in [5.74, 6) is -1.26. The van der Waals surface area contributed by atoms with Crippen molar-refractivity contribution in [2.75, 3.05) is 10.6 Å². The Morgan fingerprint density at radius 1 is 1.12 bits per heavy atom. The number of ether oxygens (including phenoxy) is 1. The number of hydrogen-bond donors (Lipinski definition) is 2. The predicted octanol–water partition coefficient (Wildman–Crippen LogP) is 3.10. The summed E-state index contributed by atoms with van der Waals surface area (Å²) in [6, 6.07) is 6.55. The first-order chi connectivity index (χ1) is 11.0. The maximum absolute atomic E-state index is 12.1. The lowest BCUT2D eigenvalue weighted by atomic mass is 10.1. The quantitative estimate of drug-likeness (QED) is 0.614. The molecule has 2 amide bonds. The van der Waals surface area contributed by atoms with Gasteiger partial charge in [-0.3, -0.25) is 14.4 Å². The zero-order chi connectivity index (χ0) is 18.1. The van der Waals surface area contributed by atoms with Gasteiger partial charge in [0.25, 0.3) is 5.91 Å². The van der Waals surface area contributed by atoms with Gasteiger partial charge in [-0.05, 0) is 38.1 Å². The number of anilines is 2. The summed E-state index contributed by atoms with van der Waals surface area (Å²) in [5.41, 5.74) is 0.144. The second-order valence-electron chi connectivity index (χ2n) is 6.01. The van der Waals surface area contributed by atoms with E-state index in [1.165, 1.54) is 13.8 Å². The molecule has 0 unspecified atom stereocenters. The second kappa shape index (κ2) is 6.61. The van der Waals surface area contributed by atoms with E-state index in [4.69, 9.17) is 27.9 Å². The molecule has 1 saturated carbocycles. The molecule has 0 heterocycles. The summed E-state index contributed by atoms with van der Waals surface area (Å²) in [7, 11) is 0. The molecule has 2 rings (SSSR count). The number of alkyl halides is 2. The van der Waals surface area contributed by atoms with Crippen molar-refractivity contribution in [1.82, 2.24) is 0 Å². The van der Waals surface area contributed by atoms with E-state index >= 15 is 0 Å². The van der Waals surface area contributed by atoms with Gasteiger partial charge < -0.3 is 15.4 Å². The van der Waals surface area contributed by atoms with Crippen LogP contribution in [0, 0.1) is 5.41 Å². The molecule has 1 aliphatic carbocycles. The average Bonchev–Trinajstić information content (AvgIpc) is 3.00. The number of carbonyl (C=O) groups is 3. The van der Waals surface area contributed by atoms with E-state index in [2.05, 4.69) is 10.6 Å². The number of hydrogen-bond acceptors (Lipinski definition) is 4. The molecule has 6 nitrogen and oxygen atoms in total. The zero-order valence-electron chi connectivity index (χ0n) is 13.5. The van der Waals surface area contributed by atoms with Crippen LogP contribution in [-0.4, -0.2) is 28.2 Å². The van der Waals surface area contributed by atoms with Crippen LogP contribution in [0.2, 0.25) is 0 Å². The third-order valence-electron chi connectivity index (χ3n) is 3.83. The Hall–Kier alpha value is -1.79. The predicted molar refractivity (Wildman–Crippen MR) is 92.1 cm³/mol. The van der Waals surface area contributed by atoms with Crippen LogP contribution in [0.3, 0.4) is 0 Å². The molecule has 1 aromatic rings. The second-order valence-corrected chi connectivity index (χ2v) is 7.49. The van der Waals surface area contributed by atoms with Crippen LogP contribution in [0.25, 0.3) is 0 Å². The van der Waals surface area contributed by atoms with Gasteiger partial charge in [0.2, 0.25) is 5.91 Å². The van der Waals surface area contributed by atoms with E-state index in [1.54, 1.807) is 31.2 Å². The van der Waals surface area contributed by atoms with Gasteiger partial charge in [0.05, 0.1) is 0 Å². The fraction of sp³-hybridized carbons (Fsp3) is 0.438. The maximum Gasteiger partial charge on any atom is 0.315 e. The van der Waals surface area contributed by atoms with Crippen LogP contribution in [0.5, 0.6) is 0 Å². The smallest absolute Gasteiger partial charge is 0.315 e. The van der Waals surface area contributed by atoms with Gasteiger partial charge in [0.15, 0.2) is 6.10 Å². The van der Waals surface area contributed by atoms with Gasteiger partial charge in [-0.1, -0.05) is 0 Å². The lowest BCUT2D eigenvalue weighted by molar-refractivity contribution is -0.158. The van der Waals surface area contributed by atoms with Gasteiger partial charge >= 0.3 is 5.97 Å². The summed E-state index contributed by atoms with van der Waals surface area (Å²) in [6.07, 6.45) is -0.699. The van der Waals surface area contributed by atoms with E-state index in [9.17, 15) is 14.4 Å². The Morgan fingerprint density at radius 3 is 2.00 bits per heavy atom. The van der Waals surface area contributed by atoms with E-state index in [1.807, 2.05) is 0 Å². The van der Waals surface area contributed by atoms with Crippen molar-refractivity contribution >= 4 is 52.4 Å². The first-order valence-electron chi connectivity index (χ1n) is 7.32. The number of carbonyl (C=O) groups excluding carboxylic acids is 3. The molecule has 1 fully saturated rings. The first kappa shape index (κ1) is 18.5. The topological polar surface area (TPSA) is 84.5 Å². The highest BCUT2D eigenvalue weighted by Gasteiger charge is 2.69. The number of esters is 1. The number of benzene rings is 1. The molecule has 1 aliphatic rings. The van der Waals surface area contributed by atoms with Crippen LogP contribution in [0.1, 0.15) is 27.2 Å². The molecule has 0 aromatic heterocycles. The van der Waals surface area contributed by atoms with Gasteiger partial charge in [-0.15, -0.1) is 23.2 Å². The first-order valence-corrected chi connectivity index (χ1v) is 8.08. The van der Waals surface area contributed by atoms with Gasteiger partial charge in [-0.2, -0.15) is 0 Å². The van der Waals surface area contributed by atoms with Crippen LogP contribution in [-0.2, 0) is 19.1 Å². The number of amides is 2. The van der Waals surface area contributed by atoms with E-state index in [0.717, 1.165) is 0 Å². The molecule has 0 aliphatic heterocycles. The number of rotatable bonds is 5. The fourth-order valence-electron chi connectivity index (χ4n) is 2.05. The van der Waals surface area contributed by atoms with Gasteiger partial charge in [-0.25, -0.2) is 0 Å². The van der Waals surface area contributed by atoms with Crippen molar-refractivity contribution in [2.45, 2.75) is 37.6 Å². The highest BCUT2D eigenvalue weighted by atomic mass is 35.5. The molecular weight excluding hydrogens is 355 g/mol. The van der Waals surface area contributed by atoms with Crippen molar-refractivity contribution in [3.05, 3.63) is 24.3 Å². The average molecular weight is 373 g/mol. The largest absolute Gasteiger partial charge is 0.452 e. The minimum Gasteiger partial charge on any atom is -0.452 e. The Morgan fingerprint density at radius 2 is 1.58 bits per heavy atom. The summed E-state index contributed by atoms with van der Waals surface area (Å²) in [5, 5.41) is 5.24. The summed E-state index contributed by atoms with van der Waals surface area (Å²) >= 11 is 11.8. The summed E-state index contributed by atoms with van der Waals surface area (Å²) < 4.78 is 4.01. The molecule has 0 saturated heterocycles. The van der Waals surface area contributed by atoms with Crippen LogP contribution < -0.4 is 10.6 Å². The molecule has 8 heteroatoms. The molecule has 2 N–H and O–H groups in total. The summed E-state index contributed by atoms with van der Waals surface area (Å²) in [6.45, 7) is 4.47. The van der Waals surface area contributed by atoms with Crippen molar-refractivity contribution in [3.63, 3.8) is 0 Å². The third kappa shape index (κ3) is 3.99. The third-order valence-corrected chi connectivity index (χ3v) is 4.94. The lowest BCUT2D eigenvalue weighted by Crippen LogP contribution is -2.33. The Kier molecular flexibility index (Phi) is 5.11. The fourth-order valence-corrected chi connectivity index (χ4v) is 2.74. The number of halogens is 2.